The SMILES string of the molecule is CCOC(=O)c1cccc(C2=NC(C)C(C(=O)NC)S2)c1. The van der Waals surface area contributed by atoms with Crippen molar-refractivity contribution >= 4 is 28.7 Å². The Morgan fingerprint density at radius 1 is 1.43 bits per heavy atom. The lowest BCUT2D eigenvalue weighted by molar-refractivity contribution is -0.120. The number of ether oxygens (including phenoxy) is 1. The Balaban J connectivity index is 2.20. The fraction of sp³-hybridized carbons (Fsp3) is 0.400. The van der Waals surface area contributed by atoms with Crippen LogP contribution in [0.3, 0.4) is 0 Å². The maximum Gasteiger partial charge on any atom is 0.338 e. The van der Waals surface area contributed by atoms with E-state index in [1.165, 1.54) is 11.8 Å². The number of nitrogens with one attached hydrogen (secondary N) is 1. The molecule has 2 unspecified atom stereocenters. The molecule has 0 aromatic heterocycles. The molecule has 1 heterocycles. The lowest BCUT2D eigenvalue weighted by Gasteiger charge is -2.10. The van der Waals surface area contributed by atoms with Gasteiger partial charge in [0.05, 0.1) is 23.3 Å². The summed E-state index contributed by atoms with van der Waals surface area (Å²) in [5.74, 6) is -0.383. The van der Waals surface area contributed by atoms with Crippen molar-refractivity contribution in [3.63, 3.8) is 0 Å². The van der Waals surface area contributed by atoms with Crippen molar-refractivity contribution in [1.29, 1.82) is 0 Å². The Hall–Kier alpha value is -1.82. The molecule has 6 heteroatoms. The van der Waals surface area contributed by atoms with E-state index in [4.69, 9.17) is 4.74 Å². The molecular weight excluding hydrogens is 288 g/mol. The fourth-order valence-electron chi connectivity index (χ4n) is 2.05. The van der Waals surface area contributed by atoms with E-state index in [9.17, 15) is 9.59 Å². The summed E-state index contributed by atoms with van der Waals surface area (Å²) in [4.78, 5) is 28.1. The highest BCUT2D eigenvalue weighted by molar-refractivity contribution is 8.15. The smallest absolute Gasteiger partial charge is 0.338 e. The van der Waals surface area contributed by atoms with E-state index in [0.29, 0.717) is 12.2 Å². The summed E-state index contributed by atoms with van der Waals surface area (Å²) in [7, 11) is 1.62. The van der Waals surface area contributed by atoms with Crippen LogP contribution in [0.15, 0.2) is 29.3 Å². The van der Waals surface area contributed by atoms with Crippen molar-refractivity contribution in [3.05, 3.63) is 35.4 Å². The first-order chi connectivity index (χ1) is 10.1. The molecule has 112 valence electrons. The number of benzene rings is 1. The monoisotopic (exact) mass is 306 g/mol. The second kappa shape index (κ2) is 6.76. The van der Waals surface area contributed by atoms with Crippen LogP contribution in [0.1, 0.15) is 29.8 Å². The number of esters is 1. The average Bonchev–Trinajstić information content (AvgIpc) is 2.89. The van der Waals surface area contributed by atoms with Gasteiger partial charge in [0.25, 0.3) is 0 Å². The average molecular weight is 306 g/mol. The Morgan fingerprint density at radius 3 is 2.86 bits per heavy atom. The van der Waals surface area contributed by atoms with Crippen LogP contribution in [0.2, 0.25) is 0 Å². The molecular formula is C15H18N2O3S. The van der Waals surface area contributed by atoms with Gasteiger partial charge < -0.3 is 10.1 Å². The van der Waals surface area contributed by atoms with E-state index in [1.54, 1.807) is 32.2 Å². The van der Waals surface area contributed by atoms with Crippen LogP contribution in [0.4, 0.5) is 0 Å². The standard InChI is InChI=1S/C15H18N2O3S/c1-4-20-15(19)11-7-5-6-10(8-11)14-17-9(2)12(21-14)13(18)16-3/h5-9,12H,4H2,1-3H3,(H,16,18). The van der Waals surface area contributed by atoms with Gasteiger partial charge in [-0.3, -0.25) is 9.79 Å². The number of aliphatic imine (C=N–C) groups is 1. The largest absolute Gasteiger partial charge is 0.462 e. The number of carbonyl (C=O) groups is 2. The van der Waals surface area contributed by atoms with E-state index in [2.05, 4.69) is 10.3 Å². The van der Waals surface area contributed by atoms with Crippen molar-refractivity contribution < 1.29 is 14.3 Å². The van der Waals surface area contributed by atoms with Gasteiger partial charge in [-0.15, -0.1) is 0 Å². The minimum atomic E-state index is -0.348. The predicted octanol–water partition coefficient (Wildman–Crippen LogP) is 1.86. The lowest BCUT2D eigenvalue weighted by Crippen LogP contribution is -2.34. The third-order valence-corrected chi connectivity index (χ3v) is 4.55. The second-order valence-electron chi connectivity index (χ2n) is 4.63. The number of carbonyl (C=O) groups excluding carboxylic acids is 2. The Bertz CT molecular complexity index is 586. The van der Waals surface area contributed by atoms with Gasteiger partial charge in [0.15, 0.2) is 0 Å². The van der Waals surface area contributed by atoms with Crippen molar-refractivity contribution in [2.75, 3.05) is 13.7 Å². The van der Waals surface area contributed by atoms with Gasteiger partial charge in [-0.05, 0) is 26.0 Å². The van der Waals surface area contributed by atoms with Gasteiger partial charge in [-0.25, -0.2) is 4.79 Å². The van der Waals surface area contributed by atoms with Crippen LogP contribution >= 0.6 is 11.8 Å². The molecule has 1 aromatic carbocycles. The van der Waals surface area contributed by atoms with Gasteiger partial charge in [-0.1, -0.05) is 23.9 Å². The summed E-state index contributed by atoms with van der Waals surface area (Å²) in [6.45, 7) is 4.03. The highest BCUT2D eigenvalue weighted by atomic mass is 32.2. The molecule has 0 saturated heterocycles. The van der Waals surface area contributed by atoms with Gasteiger partial charge >= 0.3 is 5.97 Å². The first kappa shape index (κ1) is 15.6. The van der Waals surface area contributed by atoms with Gasteiger partial charge in [0, 0.05) is 12.6 Å². The maximum absolute atomic E-state index is 11.8. The maximum atomic E-state index is 11.8. The van der Waals surface area contributed by atoms with Gasteiger partial charge in [0.2, 0.25) is 5.91 Å². The summed E-state index contributed by atoms with van der Waals surface area (Å²) < 4.78 is 4.99. The summed E-state index contributed by atoms with van der Waals surface area (Å²) in [5, 5.41) is 3.20. The molecule has 0 saturated carbocycles. The first-order valence-electron chi connectivity index (χ1n) is 6.80. The molecule has 2 rings (SSSR count). The zero-order valence-corrected chi connectivity index (χ0v) is 13.1. The summed E-state index contributed by atoms with van der Waals surface area (Å²) in [6, 6.07) is 7.05. The molecule has 1 aliphatic rings. The summed E-state index contributed by atoms with van der Waals surface area (Å²) in [6.07, 6.45) is 0. The molecule has 5 nitrogen and oxygen atoms in total. The van der Waals surface area contributed by atoms with E-state index in [-0.39, 0.29) is 23.2 Å². The number of amides is 1. The van der Waals surface area contributed by atoms with E-state index in [1.807, 2.05) is 13.0 Å². The second-order valence-corrected chi connectivity index (χ2v) is 5.76. The molecule has 0 bridgehead atoms. The van der Waals surface area contributed by atoms with Gasteiger partial charge in [0.1, 0.15) is 5.25 Å². The number of nitrogens with zero attached hydrogens (tertiary/aromatic N) is 1. The van der Waals surface area contributed by atoms with Crippen LogP contribution in [0.25, 0.3) is 0 Å². The minimum Gasteiger partial charge on any atom is -0.462 e. The van der Waals surface area contributed by atoms with Crippen LogP contribution < -0.4 is 5.32 Å². The first-order valence-corrected chi connectivity index (χ1v) is 7.68. The number of hydrogen-bond donors (Lipinski definition) is 1. The Labute approximate surface area is 128 Å². The summed E-state index contributed by atoms with van der Waals surface area (Å²) in [5.41, 5.74) is 1.33. The molecule has 0 fully saturated rings. The molecule has 1 amide bonds. The lowest BCUT2D eigenvalue weighted by atomic mass is 10.1. The number of rotatable bonds is 4. The molecule has 1 aliphatic heterocycles. The molecule has 0 radical (unpaired) electrons. The predicted molar refractivity (Wildman–Crippen MR) is 83.8 cm³/mol. The van der Waals surface area contributed by atoms with Crippen molar-refractivity contribution in [2.24, 2.45) is 4.99 Å². The zero-order valence-electron chi connectivity index (χ0n) is 12.3. The highest BCUT2D eigenvalue weighted by Crippen LogP contribution is 2.30. The molecule has 21 heavy (non-hydrogen) atoms. The molecule has 0 spiro atoms. The van der Waals surface area contributed by atoms with Crippen LogP contribution in [-0.2, 0) is 9.53 Å². The molecule has 1 N–H and O–H groups in total. The third-order valence-electron chi connectivity index (χ3n) is 3.12. The van der Waals surface area contributed by atoms with Crippen molar-refractivity contribution in [3.8, 4) is 0 Å². The minimum absolute atomic E-state index is 0.0344. The fourth-order valence-corrected chi connectivity index (χ4v) is 3.27. The van der Waals surface area contributed by atoms with Crippen molar-refractivity contribution in [2.45, 2.75) is 25.1 Å². The Kier molecular flexibility index (Phi) is 5.01. The van der Waals surface area contributed by atoms with E-state index < -0.39 is 0 Å². The normalized spacial score (nSPS) is 20.8. The van der Waals surface area contributed by atoms with Crippen LogP contribution in [0.5, 0.6) is 0 Å². The summed E-state index contributed by atoms with van der Waals surface area (Å²) >= 11 is 1.42. The number of hydrogen-bond acceptors (Lipinski definition) is 5. The van der Waals surface area contributed by atoms with Crippen LogP contribution in [0, 0.1) is 0 Å². The molecule has 1 aromatic rings. The van der Waals surface area contributed by atoms with Gasteiger partial charge in [-0.2, -0.15) is 0 Å². The third kappa shape index (κ3) is 3.44. The van der Waals surface area contributed by atoms with Crippen molar-refractivity contribution in [1.82, 2.24) is 5.32 Å². The highest BCUT2D eigenvalue weighted by Gasteiger charge is 2.32. The van der Waals surface area contributed by atoms with E-state index >= 15 is 0 Å². The topological polar surface area (TPSA) is 67.8 Å². The van der Waals surface area contributed by atoms with E-state index in [0.717, 1.165) is 10.6 Å². The van der Waals surface area contributed by atoms with Crippen LogP contribution in [-0.4, -0.2) is 41.9 Å². The quantitative estimate of drug-likeness (QED) is 0.862. The molecule has 0 aliphatic carbocycles. The molecule has 2 atom stereocenters. The zero-order chi connectivity index (χ0) is 15.4. The number of thioether (sulfide) groups is 1. The Morgan fingerprint density at radius 2 is 2.19 bits per heavy atom.